The van der Waals surface area contributed by atoms with E-state index in [-0.39, 0.29) is 0 Å². The van der Waals surface area contributed by atoms with Crippen molar-refractivity contribution in [2.45, 2.75) is 0 Å². The molecule has 0 N–H and O–H groups in total. The van der Waals surface area contributed by atoms with Crippen molar-refractivity contribution in [3.8, 4) is 81.8 Å². The Hall–Kier alpha value is -14.5. The quantitative estimate of drug-likeness (QED) is 0.142. The summed E-state index contributed by atoms with van der Waals surface area (Å²) in [6, 6.07) is 152. The lowest BCUT2D eigenvalue weighted by Crippen LogP contribution is -1.93. The molecule has 0 saturated heterocycles. The van der Waals surface area contributed by atoms with Crippen molar-refractivity contribution in [3.05, 3.63) is 419 Å². The van der Waals surface area contributed by atoms with Crippen LogP contribution in [0.4, 0.5) is 0 Å². The minimum atomic E-state index is 0.913. The summed E-state index contributed by atoms with van der Waals surface area (Å²) in [5.74, 6) is 0. The SMILES string of the molecule is c1ccc(-c2sc3c(ccc4c3c3ccccc3n4-c3ccc4oc5ccccc5c4c3)c2-c2ccccc2)cc1.c1ccc(-c2sc3c(ccc4c3c3ccccc3n4-c3ccc4sc5ccccc5c4c3)c2-c2ccccc2)cc1.c1ccc(-c2sc3c(ccc4c3c3ccccc3n4-c3cccc4c3sc3ccccc34)c2-c2ccccc2)cc1. The van der Waals surface area contributed by atoms with E-state index in [1.165, 1.54) is 212 Å². The molecular weight excluding hydrogens is 1590 g/mol. The summed E-state index contributed by atoms with van der Waals surface area (Å²) < 4.78 is 22.9. The molecule has 0 amide bonds. The zero-order valence-electron chi connectivity index (χ0n) is 66.1. The van der Waals surface area contributed by atoms with Crippen LogP contribution in [0.15, 0.2) is 423 Å². The molecule has 0 aliphatic carbocycles. The van der Waals surface area contributed by atoms with E-state index in [0.717, 1.165) is 27.6 Å². The largest absolute Gasteiger partial charge is 0.456 e. The highest BCUT2D eigenvalue weighted by molar-refractivity contribution is 7.27. The molecule has 0 spiro atoms. The highest BCUT2D eigenvalue weighted by atomic mass is 32.1. The molecule has 0 aliphatic rings. The van der Waals surface area contributed by atoms with E-state index < -0.39 is 0 Å². The summed E-state index contributed by atoms with van der Waals surface area (Å²) >= 11 is 9.50. The highest BCUT2D eigenvalue weighted by Gasteiger charge is 2.28. The number of furan rings is 1. The fourth-order valence-electron chi connectivity index (χ4n) is 19.3. The van der Waals surface area contributed by atoms with Gasteiger partial charge >= 0.3 is 0 Å². The molecule has 0 unspecified atom stereocenters. The second kappa shape index (κ2) is 29.1. The van der Waals surface area contributed by atoms with Gasteiger partial charge in [0, 0.05) is 152 Å². The van der Waals surface area contributed by atoms with Gasteiger partial charge in [-0.1, -0.05) is 322 Å². The highest BCUT2D eigenvalue weighted by Crippen LogP contribution is 2.55. The molecule has 0 atom stereocenters. The Kier molecular flexibility index (Phi) is 16.9. The third kappa shape index (κ3) is 11.5. The van der Waals surface area contributed by atoms with Crippen molar-refractivity contribution in [2.24, 2.45) is 0 Å². The number of benzene rings is 18. The molecule has 18 aromatic carbocycles. The Balaban J connectivity index is 0.000000101. The summed E-state index contributed by atoms with van der Waals surface area (Å²) in [6.07, 6.45) is 0. The number of fused-ring (bicyclic) bond motifs is 24. The predicted molar refractivity (Wildman–Crippen MR) is 534 cm³/mol. The molecule has 576 valence electrons. The number of thiophene rings is 5. The van der Waals surface area contributed by atoms with Gasteiger partial charge in [-0.25, -0.2) is 0 Å². The fourth-order valence-corrected chi connectivity index (χ4v) is 25.8. The second-order valence-electron chi connectivity index (χ2n) is 31.5. The number of aromatic nitrogens is 3. The monoisotopic (exact) mass is 1660 g/mol. The van der Waals surface area contributed by atoms with E-state index >= 15 is 0 Å². The normalized spacial score (nSPS) is 11.9. The van der Waals surface area contributed by atoms with Crippen molar-refractivity contribution in [2.75, 3.05) is 0 Å². The molecule has 123 heavy (non-hydrogen) atoms. The molecule has 9 heterocycles. The van der Waals surface area contributed by atoms with E-state index in [4.69, 9.17) is 4.42 Å². The summed E-state index contributed by atoms with van der Waals surface area (Å²) in [4.78, 5) is 3.95. The minimum absolute atomic E-state index is 0.913. The Morgan fingerprint density at radius 3 is 0.976 bits per heavy atom. The Morgan fingerprint density at radius 2 is 0.512 bits per heavy atom. The van der Waals surface area contributed by atoms with Crippen molar-refractivity contribution in [1.29, 1.82) is 0 Å². The zero-order chi connectivity index (χ0) is 80.7. The number of hydrogen-bond donors (Lipinski definition) is 0. The lowest BCUT2D eigenvalue weighted by molar-refractivity contribution is 0.669. The van der Waals surface area contributed by atoms with Gasteiger partial charge in [-0.3, -0.25) is 0 Å². The van der Waals surface area contributed by atoms with Crippen LogP contribution in [0.25, 0.3) is 240 Å². The minimum Gasteiger partial charge on any atom is -0.456 e. The molecule has 0 bridgehead atoms. The van der Waals surface area contributed by atoms with Gasteiger partial charge in [0.05, 0.1) is 43.5 Å². The van der Waals surface area contributed by atoms with E-state index in [9.17, 15) is 0 Å². The van der Waals surface area contributed by atoms with E-state index in [0.29, 0.717) is 0 Å². The van der Waals surface area contributed by atoms with Crippen LogP contribution in [0.1, 0.15) is 0 Å². The molecular formula is C114H69N3OS5. The average molecular weight is 1660 g/mol. The van der Waals surface area contributed by atoms with Crippen LogP contribution >= 0.6 is 56.7 Å². The Labute approximate surface area is 727 Å². The van der Waals surface area contributed by atoms with Crippen molar-refractivity contribution >= 4 is 215 Å². The van der Waals surface area contributed by atoms with Crippen molar-refractivity contribution < 1.29 is 4.42 Å². The van der Waals surface area contributed by atoms with Crippen LogP contribution in [-0.2, 0) is 0 Å². The molecule has 0 aliphatic heterocycles. The Bertz CT molecular complexity index is 8500. The number of nitrogens with zero attached hydrogens (tertiary/aromatic N) is 3. The first-order valence-corrected chi connectivity index (χ1v) is 45.7. The average Bonchev–Trinajstić information content (AvgIpc) is 1.56. The number of para-hydroxylation sites is 4. The van der Waals surface area contributed by atoms with E-state index in [1.54, 1.807) is 0 Å². The third-order valence-electron chi connectivity index (χ3n) is 24.6. The van der Waals surface area contributed by atoms with Gasteiger partial charge in [-0.2, -0.15) is 0 Å². The van der Waals surface area contributed by atoms with Gasteiger partial charge in [-0.05, 0) is 130 Å². The first kappa shape index (κ1) is 71.4. The summed E-state index contributed by atoms with van der Waals surface area (Å²) in [6.45, 7) is 0. The number of rotatable bonds is 9. The molecule has 0 radical (unpaired) electrons. The molecule has 27 aromatic rings. The lowest BCUT2D eigenvalue weighted by Gasteiger charge is -2.09. The van der Waals surface area contributed by atoms with Crippen LogP contribution in [0.5, 0.6) is 0 Å². The van der Waals surface area contributed by atoms with Crippen LogP contribution in [0.3, 0.4) is 0 Å². The number of hydrogen-bond acceptors (Lipinski definition) is 6. The topological polar surface area (TPSA) is 27.9 Å². The zero-order valence-corrected chi connectivity index (χ0v) is 70.2. The first-order valence-electron chi connectivity index (χ1n) is 41.6. The van der Waals surface area contributed by atoms with Crippen LogP contribution in [0.2, 0.25) is 0 Å². The maximum absolute atomic E-state index is 6.15. The smallest absolute Gasteiger partial charge is 0.135 e. The third-order valence-corrected chi connectivity index (χ3v) is 30.8. The summed E-state index contributed by atoms with van der Waals surface area (Å²) in [5, 5.41) is 19.3. The van der Waals surface area contributed by atoms with E-state index in [1.807, 2.05) is 68.8 Å². The fraction of sp³-hybridized carbons (Fsp3) is 0. The van der Waals surface area contributed by atoms with Crippen molar-refractivity contribution in [3.63, 3.8) is 0 Å². The molecule has 27 rings (SSSR count). The Morgan fingerprint density at radius 1 is 0.179 bits per heavy atom. The van der Waals surface area contributed by atoms with Gasteiger partial charge in [-0.15, -0.1) is 56.7 Å². The molecule has 9 aromatic heterocycles. The van der Waals surface area contributed by atoms with Crippen LogP contribution in [0, 0.1) is 0 Å². The standard InChI is InChI=1S/C38H23NOS.2C38H23NS2/c1-3-11-24(12-4-1)35-29-20-21-32-36(38(29)41-37(35)25-13-5-2-6-14-25)28-16-7-9-17-31(28)39(32)26-19-22-34-30(23-26)27-15-8-10-18-33(27)40-34;1-3-12-24(13-4-1)34-29-22-23-31-35(38(29)41-36(34)25-14-5-2-6-15-25)28-17-7-9-19-30(28)39(31)32-20-11-18-27-26-16-8-10-21-33(26)40-37(27)32;1-3-11-24(12-4-1)35-29-20-21-32-36(38(29)41-37(35)25-13-5-2-6-14-25)28-16-7-9-17-31(28)39(32)26-19-22-34-30(23-26)27-15-8-10-18-33(27)40-34/h3*1-23H. The summed E-state index contributed by atoms with van der Waals surface area (Å²) in [7, 11) is 0. The molecule has 4 nitrogen and oxygen atoms in total. The van der Waals surface area contributed by atoms with Gasteiger partial charge < -0.3 is 18.1 Å². The maximum atomic E-state index is 6.15. The van der Waals surface area contributed by atoms with Crippen LogP contribution < -0.4 is 0 Å². The van der Waals surface area contributed by atoms with Gasteiger partial charge in [0.1, 0.15) is 11.2 Å². The van der Waals surface area contributed by atoms with Gasteiger partial charge in [0.25, 0.3) is 0 Å². The predicted octanol–water partition coefficient (Wildman–Crippen LogP) is 34.6. The molecule has 0 fully saturated rings. The van der Waals surface area contributed by atoms with E-state index in [2.05, 4.69) is 420 Å². The maximum Gasteiger partial charge on any atom is 0.135 e. The molecule has 9 heteroatoms. The van der Waals surface area contributed by atoms with Gasteiger partial charge in [0.15, 0.2) is 0 Å². The lowest BCUT2D eigenvalue weighted by atomic mass is 9.98. The second-order valence-corrected chi connectivity index (χ2v) is 36.7. The van der Waals surface area contributed by atoms with Crippen LogP contribution in [-0.4, -0.2) is 13.7 Å². The first-order chi connectivity index (χ1) is 61.1. The molecule has 0 saturated carbocycles. The van der Waals surface area contributed by atoms with Crippen molar-refractivity contribution in [1.82, 2.24) is 13.7 Å². The van der Waals surface area contributed by atoms with Gasteiger partial charge in [0.2, 0.25) is 0 Å². The summed E-state index contributed by atoms with van der Waals surface area (Å²) in [5.41, 5.74) is 24.3.